The third-order valence-corrected chi connectivity index (χ3v) is 8.25. The molecule has 2 aromatic heterocycles. The van der Waals surface area contributed by atoms with Crippen molar-refractivity contribution >= 4 is 35.0 Å². The third-order valence-electron chi connectivity index (χ3n) is 6.14. The molecule has 0 aliphatic carbocycles. The van der Waals surface area contributed by atoms with Crippen molar-refractivity contribution < 1.29 is 4.79 Å². The first kappa shape index (κ1) is 21.4. The highest BCUT2D eigenvalue weighted by Crippen LogP contribution is 2.45. The molecule has 0 radical (unpaired) electrons. The summed E-state index contributed by atoms with van der Waals surface area (Å²) in [6.45, 7) is 5.89. The van der Waals surface area contributed by atoms with Crippen LogP contribution in [0.4, 0.5) is 5.95 Å². The Labute approximate surface area is 196 Å². The molecule has 7 nitrogen and oxygen atoms in total. The van der Waals surface area contributed by atoms with Gasteiger partial charge in [-0.15, -0.1) is 23.1 Å². The highest BCUT2D eigenvalue weighted by atomic mass is 32.2. The van der Waals surface area contributed by atoms with Crippen LogP contribution in [0.3, 0.4) is 0 Å². The number of nitrogens with zero attached hydrogens (tertiary/aromatic N) is 4. The van der Waals surface area contributed by atoms with Crippen LogP contribution in [0.1, 0.15) is 40.7 Å². The minimum absolute atomic E-state index is 0.0728. The Bertz CT molecular complexity index is 1080. The molecule has 0 saturated carbocycles. The summed E-state index contributed by atoms with van der Waals surface area (Å²) in [5, 5.41) is 6.93. The molecule has 0 bridgehead atoms. The van der Waals surface area contributed by atoms with Crippen LogP contribution in [0.5, 0.6) is 0 Å². The van der Waals surface area contributed by atoms with Crippen LogP contribution in [-0.4, -0.2) is 45.2 Å². The summed E-state index contributed by atoms with van der Waals surface area (Å²) in [5.41, 5.74) is 3.09. The van der Waals surface area contributed by atoms with E-state index < -0.39 is 0 Å². The number of thiazole rings is 1. The van der Waals surface area contributed by atoms with Gasteiger partial charge in [-0.3, -0.25) is 15.1 Å². The largest absolute Gasteiger partial charge is 0.338 e. The summed E-state index contributed by atoms with van der Waals surface area (Å²) < 4.78 is 0. The van der Waals surface area contributed by atoms with Crippen molar-refractivity contribution in [3.63, 3.8) is 0 Å². The van der Waals surface area contributed by atoms with Gasteiger partial charge in [0.05, 0.1) is 11.0 Å². The molecule has 4 heterocycles. The third kappa shape index (κ3) is 4.00. The van der Waals surface area contributed by atoms with E-state index in [4.69, 9.17) is 4.98 Å². The standard InChI is InChI=1S/C23H26N6OS2/c1-15(2)18-8-9-25-21(26-18)29-11-17-12-31-22(27-20(30)16-6-4-3-5-7-16)28-23(17,13-29)19-10-24-14-32-19/h3-10,14-15,17,22,28H,11-13H2,1-2H3,(H,27,30). The van der Waals surface area contributed by atoms with Gasteiger partial charge < -0.3 is 10.2 Å². The van der Waals surface area contributed by atoms with Crippen molar-refractivity contribution in [2.75, 3.05) is 23.7 Å². The van der Waals surface area contributed by atoms with Crippen LogP contribution in [0.15, 0.2) is 54.3 Å². The summed E-state index contributed by atoms with van der Waals surface area (Å²) in [6.07, 6.45) is 3.80. The summed E-state index contributed by atoms with van der Waals surface area (Å²) in [4.78, 5) is 30.0. The fraction of sp³-hybridized carbons (Fsp3) is 0.391. The average Bonchev–Trinajstić information content (AvgIpc) is 3.48. The second-order valence-electron chi connectivity index (χ2n) is 8.55. The summed E-state index contributed by atoms with van der Waals surface area (Å²) >= 11 is 3.39. The number of aromatic nitrogens is 3. The lowest BCUT2D eigenvalue weighted by atomic mass is 9.87. The van der Waals surface area contributed by atoms with Gasteiger partial charge in [0.15, 0.2) is 0 Å². The first-order chi connectivity index (χ1) is 15.5. The van der Waals surface area contributed by atoms with Crippen LogP contribution in [0.25, 0.3) is 0 Å². The highest BCUT2D eigenvalue weighted by Gasteiger charge is 2.53. The number of nitrogens with one attached hydrogen (secondary N) is 2. The number of amides is 1. The maximum absolute atomic E-state index is 12.8. The van der Waals surface area contributed by atoms with Crippen molar-refractivity contribution in [3.8, 4) is 0 Å². The summed E-state index contributed by atoms with van der Waals surface area (Å²) in [5.74, 6) is 2.32. The molecule has 32 heavy (non-hydrogen) atoms. The number of hydrogen-bond donors (Lipinski definition) is 2. The molecule has 5 rings (SSSR count). The molecule has 2 aliphatic rings. The number of anilines is 1. The molecule has 166 valence electrons. The van der Waals surface area contributed by atoms with E-state index in [0.717, 1.165) is 30.5 Å². The number of hydrogen-bond acceptors (Lipinski definition) is 8. The topological polar surface area (TPSA) is 83.0 Å². The number of thioether (sulfide) groups is 1. The van der Waals surface area contributed by atoms with E-state index in [1.165, 1.54) is 4.88 Å². The van der Waals surface area contributed by atoms with Crippen molar-refractivity contribution in [1.82, 2.24) is 25.6 Å². The lowest BCUT2D eigenvalue weighted by molar-refractivity contribution is 0.0934. The number of benzene rings is 1. The smallest absolute Gasteiger partial charge is 0.253 e. The quantitative estimate of drug-likeness (QED) is 0.596. The Morgan fingerprint density at radius 2 is 2.12 bits per heavy atom. The normalized spacial score (nSPS) is 25.0. The van der Waals surface area contributed by atoms with Crippen molar-refractivity contribution in [2.45, 2.75) is 30.8 Å². The SMILES string of the molecule is CC(C)c1ccnc(N2CC3CSC(NC(=O)c4ccccc4)NC3(c3cncs3)C2)n1. The number of fused-ring (bicyclic) bond motifs is 1. The fourth-order valence-corrected chi connectivity index (χ4v) is 6.56. The summed E-state index contributed by atoms with van der Waals surface area (Å²) in [7, 11) is 0. The zero-order chi connectivity index (χ0) is 22.1. The average molecular weight is 467 g/mol. The van der Waals surface area contributed by atoms with Crippen LogP contribution in [-0.2, 0) is 5.54 Å². The van der Waals surface area contributed by atoms with Gasteiger partial charge >= 0.3 is 0 Å². The minimum Gasteiger partial charge on any atom is -0.338 e. The van der Waals surface area contributed by atoms with Crippen LogP contribution in [0, 0.1) is 5.92 Å². The van der Waals surface area contributed by atoms with Gasteiger partial charge in [-0.25, -0.2) is 9.97 Å². The first-order valence-electron chi connectivity index (χ1n) is 10.8. The zero-order valence-electron chi connectivity index (χ0n) is 18.1. The van der Waals surface area contributed by atoms with E-state index in [0.29, 0.717) is 17.4 Å². The molecule has 1 amide bonds. The van der Waals surface area contributed by atoms with Gasteiger partial charge in [0.25, 0.3) is 5.91 Å². The molecular weight excluding hydrogens is 440 g/mol. The van der Waals surface area contributed by atoms with E-state index in [9.17, 15) is 4.79 Å². The molecule has 1 aromatic carbocycles. The molecule has 0 spiro atoms. The van der Waals surface area contributed by atoms with Gasteiger partial charge in [0.2, 0.25) is 5.95 Å². The Hall–Kier alpha value is -2.49. The van der Waals surface area contributed by atoms with Crippen LogP contribution >= 0.6 is 23.1 Å². The minimum atomic E-state index is -0.307. The molecule has 2 saturated heterocycles. The molecule has 3 aromatic rings. The second kappa shape index (κ2) is 8.80. The Balaban J connectivity index is 1.40. The van der Waals surface area contributed by atoms with E-state index in [-0.39, 0.29) is 16.9 Å². The van der Waals surface area contributed by atoms with Crippen molar-refractivity contribution in [1.29, 1.82) is 0 Å². The fourth-order valence-electron chi connectivity index (χ4n) is 4.41. The zero-order valence-corrected chi connectivity index (χ0v) is 19.7. The molecule has 2 N–H and O–H groups in total. The molecule has 9 heteroatoms. The molecule has 2 fully saturated rings. The van der Waals surface area contributed by atoms with Gasteiger partial charge in [-0.2, -0.15) is 0 Å². The van der Waals surface area contributed by atoms with Gasteiger partial charge in [0, 0.05) is 53.3 Å². The van der Waals surface area contributed by atoms with E-state index in [1.807, 2.05) is 54.3 Å². The predicted octanol–water partition coefficient (Wildman–Crippen LogP) is 3.44. The Kier molecular flexibility index (Phi) is 5.88. The lowest BCUT2D eigenvalue weighted by Crippen LogP contribution is -2.60. The monoisotopic (exact) mass is 466 g/mol. The predicted molar refractivity (Wildman–Crippen MR) is 129 cm³/mol. The summed E-state index contributed by atoms with van der Waals surface area (Å²) in [6, 6.07) is 11.3. The molecule has 2 aliphatic heterocycles. The maximum Gasteiger partial charge on any atom is 0.253 e. The molecule has 3 unspecified atom stereocenters. The van der Waals surface area contributed by atoms with Crippen molar-refractivity contribution in [3.05, 3.63) is 70.4 Å². The highest BCUT2D eigenvalue weighted by molar-refractivity contribution is 7.99. The Morgan fingerprint density at radius 1 is 1.28 bits per heavy atom. The molecular formula is C23H26N6OS2. The lowest BCUT2D eigenvalue weighted by Gasteiger charge is -2.42. The second-order valence-corrected chi connectivity index (χ2v) is 10.6. The van der Waals surface area contributed by atoms with Crippen LogP contribution < -0.4 is 15.5 Å². The number of rotatable bonds is 5. The Morgan fingerprint density at radius 3 is 2.88 bits per heavy atom. The van der Waals surface area contributed by atoms with Gasteiger partial charge in [-0.1, -0.05) is 32.0 Å². The van der Waals surface area contributed by atoms with E-state index in [1.54, 1.807) is 23.1 Å². The van der Waals surface area contributed by atoms with E-state index >= 15 is 0 Å². The first-order valence-corrected chi connectivity index (χ1v) is 12.7. The van der Waals surface area contributed by atoms with Gasteiger partial charge in [0.1, 0.15) is 5.50 Å². The van der Waals surface area contributed by atoms with E-state index in [2.05, 4.69) is 39.3 Å². The number of carbonyl (C=O) groups excluding carboxylic acids is 1. The van der Waals surface area contributed by atoms with Gasteiger partial charge in [-0.05, 0) is 24.1 Å². The van der Waals surface area contributed by atoms with Crippen LogP contribution in [0.2, 0.25) is 0 Å². The maximum atomic E-state index is 12.8. The number of carbonyl (C=O) groups is 1. The molecule has 3 atom stereocenters. The van der Waals surface area contributed by atoms with Crippen molar-refractivity contribution in [2.24, 2.45) is 5.92 Å².